The second-order valence-corrected chi connectivity index (χ2v) is 9.92. The van der Waals surface area contributed by atoms with E-state index < -0.39 is 30.6 Å². The molecule has 2 aromatic rings. The van der Waals surface area contributed by atoms with Crippen LogP contribution >= 0.6 is 12.4 Å². The van der Waals surface area contributed by atoms with E-state index in [1.54, 1.807) is 0 Å². The van der Waals surface area contributed by atoms with Gasteiger partial charge in [0.15, 0.2) is 9.84 Å². The van der Waals surface area contributed by atoms with Gasteiger partial charge in [0.25, 0.3) is 0 Å². The fourth-order valence-corrected chi connectivity index (χ4v) is 4.79. The van der Waals surface area contributed by atoms with Crippen LogP contribution in [0.4, 0.5) is 4.39 Å². The van der Waals surface area contributed by atoms with Gasteiger partial charge in [-0.25, -0.2) is 25.9 Å². The molecule has 1 unspecified atom stereocenters. The first kappa shape index (κ1) is 21.8. The predicted molar refractivity (Wildman–Crippen MR) is 103 cm³/mol. The van der Waals surface area contributed by atoms with Crippen molar-refractivity contribution >= 4 is 32.3 Å². The van der Waals surface area contributed by atoms with Crippen molar-refractivity contribution in [2.45, 2.75) is 22.3 Å². The molecule has 3 rings (SSSR count). The highest BCUT2D eigenvalue weighted by atomic mass is 35.5. The molecule has 0 aromatic heterocycles. The minimum absolute atomic E-state index is 0. The van der Waals surface area contributed by atoms with E-state index >= 15 is 0 Å². The third-order valence-corrected chi connectivity index (χ3v) is 6.86. The highest BCUT2D eigenvalue weighted by Gasteiger charge is 2.23. The zero-order chi connectivity index (χ0) is 18.9. The van der Waals surface area contributed by atoms with E-state index in [1.165, 1.54) is 5.56 Å². The third-order valence-electron chi connectivity index (χ3n) is 4.31. The molecule has 148 valence electrons. The van der Waals surface area contributed by atoms with Crippen molar-refractivity contribution in [1.82, 2.24) is 10.0 Å². The summed E-state index contributed by atoms with van der Waals surface area (Å²) in [7, 11) is -7.73. The first-order chi connectivity index (χ1) is 12.2. The van der Waals surface area contributed by atoms with E-state index in [4.69, 9.17) is 0 Å². The van der Waals surface area contributed by atoms with Crippen LogP contribution in [0.1, 0.15) is 17.2 Å². The predicted octanol–water partition coefficient (Wildman–Crippen LogP) is 1.82. The maximum Gasteiger partial charge on any atom is 0.240 e. The lowest BCUT2D eigenvalue weighted by atomic mass is 9.95. The van der Waals surface area contributed by atoms with Crippen LogP contribution in [-0.2, 0) is 26.3 Å². The van der Waals surface area contributed by atoms with Crippen molar-refractivity contribution < 1.29 is 21.2 Å². The van der Waals surface area contributed by atoms with E-state index in [2.05, 4.69) is 10.0 Å². The summed E-state index contributed by atoms with van der Waals surface area (Å²) >= 11 is 0. The molecule has 1 aliphatic heterocycles. The molecular weight excluding hydrogens is 415 g/mol. The van der Waals surface area contributed by atoms with Crippen molar-refractivity contribution in [3.8, 4) is 0 Å². The molecular formula is C17H20ClFN2O4S2. The maximum absolute atomic E-state index is 14.0. The maximum atomic E-state index is 14.0. The summed E-state index contributed by atoms with van der Waals surface area (Å²) in [4.78, 5) is -0.842. The van der Waals surface area contributed by atoms with Gasteiger partial charge in [0.1, 0.15) is 10.7 Å². The van der Waals surface area contributed by atoms with Gasteiger partial charge >= 0.3 is 0 Å². The first-order valence-electron chi connectivity index (χ1n) is 7.99. The molecule has 10 heteroatoms. The molecule has 0 saturated carbocycles. The van der Waals surface area contributed by atoms with Crippen molar-refractivity contribution in [1.29, 1.82) is 0 Å². The van der Waals surface area contributed by atoms with Gasteiger partial charge in [-0.3, -0.25) is 0 Å². The van der Waals surface area contributed by atoms with Crippen LogP contribution in [0, 0.1) is 5.82 Å². The lowest BCUT2D eigenvalue weighted by Gasteiger charge is -2.27. The highest BCUT2D eigenvalue weighted by molar-refractivity contribution is 7.90. The molecule has 1 atom stereocenters. The molecule has 0 radical (unpaired) electrons. The lowest BCUT2D eigenvalue weighted by Crippen LogP contribution is -2.38. The number of nitrogens with one attached hydrogen (secondary N) is 2. The van der Waals surface area contributed by atoms with E-state index in [-0.39, 0.29) is 29.9 Å². The summed E-state index contributed by atoms with van der Waals surface area (Å²) in [5.74, 6) is -1.09. The van der Waals surface area contributed by atoms with Gasteiger partial charge in [0.05, 0.1) is 4.90 Å². The molecule has 6 nitrogen and oxygen atoms in total. The fourth-order valence-electron chi connectivity index (χ4n) is 3.00. The summed E-state index contributed by atoms with van der Waals surface area (Å²) in [5, 5.41) is 3.26. The van der Waals surface area contributed by atoms with Crippen LogP contribution in [0.25, 0.3) is 0 Å². The third kappa shape index (κ3) is 4.85. The van der Waals surface area contributed by atoms with E-state index in [0.717, 1.165) is 43.0 Å². The van der Waals surface area contributed by atoms with Crippen molar-refractivity contribution in [3.63, 3.8) is 0 Å². The van der Waals surface area contributed by atoms with Gasteiger partial charge < -0.3 is 5.32 Å². The zero-order valence-electron chi connectivity index (χ0n) is 14.5. The smallest absolute Gasteiger partial charge is 0.240 e. The number of hydrogen-bond acceptors (Lipinski definition) is 5. The Bertz CT molecular complexity index is 1040. The van der Waals surface area contributed by atoms with Gasteiger partial charge in [-0.05, 0) is 42.3 Å². The zero-order valence-corrected chi connectivity index (χ0v) is 16.9. The van der Waals surface area contributed by atoms with Crippen LogP contribution in [-0.4, -0.2) is 36.2 Å². The van der Waals surface area contributed by atoms with Crippen molar-refractivity contribution in [2.24, 2.45) is 0 Å². The minimum atomic E-state index is -3.97. The van der Waals surface area contributed by atoms with Crippen molar-refractivity contribution in [2.75, 3.05) is 19.3 Å². The van der Waals surface area contributed by atoms with Gasteiger partial charge in [-0.2, -0.15) is 0 Å². The normalized spacial score (nSPS) is 17.0. The lowest BCUT2D eigenvalue weighted by molar-refractivity contribution is 0.491. The molecule has 0 spiro atoms. The minimum Gasteiger partial charge on any atom is -0.308 e. The molecule has 0 fully saturated rings. The first-order valence-corrected chi connectivity index (χ1v) is 11.4. The summed E-state index contributed by atoms with van der Waals surface area (Å²) in [5.41, 5.74) is 2.19. The molecule has 27 heavy (non-hydrogen) atoms. The Labute approximate surface area is 164 Å². The SMILES string of the molecule is CS(=O)(=O)c1ccc(S(=O)(=O)NCC2NCCc3ccccc32)cc1F.Cl. The standard InChI is InChI=1S/C17H19FN2O4S2.ClH/c1-25(21,22)17-7-6-13(10-15(17)18)26(23,24)20-11-16-14-5-3-2-4-12(14)8-9-19-16;/h2-7,10,16,19-20H,8-9,11H2,1H3;1H. The summed E-state index contributed by atoms with van der Waals surface area (Å²) < 4.78 is 64.2. The van der Waals surface area contributed by atoms with Crippen LogP contribution in [0.3, 0.4) is 0 Å². The number of sulfone groups is 1. The highest BCUT2D eigenvalue weighted by Crippen LogP contribution is 2.23. The quantitative estimate of drug-likeness (QED) is 0.748. The summed E-state index contributed by atoms with van der Waals surface area (Å²) in [6.07, 6.45) is 1.74. The molecule has 0 saturated heterocycles. The number of fused-ring (bicyclic) bond motifs is 1. The molecule has 1 heterocycles. The van der Waals surface area contributed by atoms with Crippen molar-refractivity contribution in [3.05, 3.63) is 59.4 Å². The Morgan fingerprint density at radius 3 is 2.52 bits per heavy atom. The fraction of sp³-hybridized carbons (Fsp3) is 0.294. The average molecular weight is 435 g/mol. The Morgan fingerprint density at radius 1 is 1.15 bits per heavy atom. The molecule has 0 bridgehead atoms. The Hall–Kier alpha value is -1.52. The van der Waals surface area contributed by atoms with Gasteiger partial charge in [-0.1, -0.05) is 24.3 Å². The number of rotatable bonds is 5. The molecule has 1 aliphatic rings. The number of halogens is 2. The number of sulfonamides is 1. The second-order valence-electron chi connectivity index (χ2n) is 6.17. The van der Waals surface area contributed by atoms with E-state index in [9.17, 15) is 21.2 Å². The van der Waals surface area contributed by atoms with Crippen LogP contribution in [0.5, 0.6) is 0 Å². The second kappa shape index (κ2) is 8.24. The van der Waals surface area contributed by atoms with E-state index in [1.807, 2.05) is 24.3 Å². The number of hydrogen-bond donors (Lipinski definition) is 2. The summed E-state index contributed by atoms with van der Waals surface area (Å²) in [6.45, 7) is 0.843. The van der Waals surface area contributed by atoms with Gasteiger partial charge in [0, 0.05) is 18.8 Å². The van der Waals surface area contributed by atoms with Gasteiger partial charge in [0.2, 0.25) is 10.0 Å². The van der Waals surface area contributed by atoms with Crippen LogP contribution in [0.2, 0.25) is 0 Å². The topological polar surface area (TPSA) is 92.3 Å². The monoisotopic (exact) mass is 434 g/mol. The Kier molecular flexibility index (Phi) is 6.64. The average Bonchev–Trinajstić information content (AvgIpc) is 2.58. The molecule has 2 aromatic carbocycles. The van der Waals surface area contributed by atoms with Crippen LogP contribution < -0.4 is 10.0 Å². The largest absolute Gasteiger partial charge is 0.308 e. The van der Waals surface area contributed by atoms with Gasteiger partial charge in [-0.15, -0.1) is 12.4 Å². The summed E-state index contributed by atoms with van der Waals surface area (Å²) in [6, 6.07) is 10.4. The van der Waals surface area contributed by atoms with Crippen LogP contribution in [0.15, 0.2) is 52.3 Å². The van der Waals surface area contributed by atoms with E-state index in [0.29, 0.717) is 0 Å². The molecule has 2 N–H and O–H groups in total. The number of benzene rings is 2. The molecule has 0 aliphatic carbocycles. The Balaban J connectivity index is 0.00000261. The molecule has 0 amide bonds. The Morgan fingerprint density at radius 2 is 1.85 bits per heavy atom.